The van der Waals surface area contributed by atoms with E-state index in [4.69, 9.17) is 9.72 Å². The van der Waals surface area contributed by atoms with Crippen molar-refractivity contribution in [3.63, 3.8) is 0 Å². The number of carbonyl (C=O) groups excluding carboxylic acids is 1. The summed E-state index contributed by atoms with van der Waals surface area (Å²) in [6.45, 7) is 4.94. The highest BCUT2D eigenvalue weighted by Crippen LogP contribution is 2.33. The van der Waals surface area contributed by atoms with E-state index in [2.05, 4.69) is 15.7 Å². The molecule has 37 heavy (non-hydrogen) atoms. The molecule has 1 atom stereocenters. The van der Waals surface area contributed by atoms with Crippen molar-refractivity contribution in [3.8, 4) is 22.3 Å². The zero-order chi connectivity index (χ0) is 26.3. The van der Waals surface area contributed by atoms with Gasteiger partial charge >= 0.3 is 0 Å². The minimum atomic E-state index is -1.15. The van der Waals surface area contributed by atoms with Crippen molar-refractivity contribution in [1.29, 1.82) is 0 Å². The quantitative estimate of drug-likeness (QED) is 0.412. The summed E-state index contributed by atoms with van der Waals surface area (Å²) in [6.07, 6.45) is 5.55. The second kappa shape index (κ2) is 9.74. The predicted molar refractivity (Wildman–Crippen MR) is 135 cm³/mol. The zero-order valence-corrected chi connectivity index (χ0v) is 20.6. The number of rotatable bonds is 6. The normalized spacial score (nSPS) is 15.5. The molecule has 0 spiro atoms. The number of anilines is 1. The Bertz CT molecular complexity index is 1560. The lowest BCUT2D eigenvalue weighted by Crippen LogP contribution is -2.22. The van der Waals surface area contributed by atoms with Crippen molar-refractivity contribution in [3.05, 3.63) is 70.4 Å². The molecule has 1 aliphatic heterocycles. The van der Waals surface area contributed by atoms with E-state index in [1.165, 1.54) is 29.9 Å². The van der Waals surface area contributed by atoms with Crippen LogP contribution in [0.25, 0.3) is 27.9 Å². The molecular weight excluding hydrogens is 482 g/mol. The topological polar surface area (TPSA) is 103 Å². The minimum Gasteiger partial charge on any atom is -0.379 e. The van der Waals surface area contributed by atoms with Gasteiger partial charge in [-0.05, 0) is 44.0 Å². The van der Waals surface area contributed by atoms with Crippen molar-refractivity contribution in [2.45, 2.75) is 32.4 Å². The maximum Gasteiger partial charge on any atom is 0.251 e. The van der Waals surface area contributed by atoms with Crippen LogP contribution in [0.1, 0.15) is 36.7 Å². The first-order valence-electron chi connectivity index (χ1n) is 11.9. The summed E-state index contributed by atoms with van der Waals surface area (Å²) >= 11 is 0. The van der Waals surface area contributed by atoms with Crippen LogP contribution < -0.4 is 16.2 Å². The van der Waals surface area contributed by atoms with E-state index < -0.39 is 17.5 Å². The molecule has 4 heterocycles. The average molecular weight is 509 g/mol. The Hall–Kier alpha value is -4.12. The Morgan fingerprint density at radius 2 is 2.00 bits per heavy atom. The molecule has 2 N–H and O–H groups in total. The first-order valence-corrected chi connectivity index (χ1v) is 11.9. The van der Waals surface area contributed by atoms with Gasteiger partial charge in [-0.15, -0.1) is 0 Å². The average Bonchev–Trinajstić information content (AvgIpc) is 3.54. The van der Waals surface area contributed by atoms with Crippen molar-refractivity contribution in [2.24, 2.45) is 0 Å². The molecular formula is C26H26F2N6O3. The van der Waals surface area contributed by atoms with Crippen LogP contribution in [0, 0.1) is 11.6 Å². The highest BCUT2D eigenvalue weighted by Gasteiger charge is 2.23. The summed E-state index contributed by atoms with van der Waals surface area (Å²) < 4.78 is 37.9. The lowest BCUT2D eigenvalue weighted by atomic mass is 10.0. The second-order valence-electron chi connectivity index (χ2n) is 9.19. The molecule has 11 heteroatoms. The van der Waals surface area contributed by atoms with Gasteiger partial charge in [-0.25, -0.2) is 18.3 Å². The van der Waals surface area contributed by atoms with Gasteiger partial charge in [0.1, 0.15) is 5.82 Å². The van der Waals surface area contributed by atoms with Gasteiger partial charge in [-0.3, -0.25) is 9.59 Å². The third kappa shape index (κ3) is 4.57. The number of aromatic nitrogens is 4. The molecule has 9 nitrogen and oxygen atoms in total. The Morgan fingerprint density at radius 1 is 1.19 bits per heavy atom. The van der Waals surface area contributed by atoms with Crippen LogP contribution in [-0.2, 0) is 4.74 Å². The van der Waals surface area contributed by atoms with Crippen LogP contribution in [0.3, 0.4) is 0 Å². The molecule has 1 fully saturated rings. The number of hydrogen-bond acceptors (Lipinski definition) is 6. The molecule has 1 saturated heterocycles. The molecule has 4 aromatic rings. The van der Waals surface area contributed by atoms with E-state index in [0.717, 1.165) is 12.5 Å². The van der Waals surface area contributed by atoms with Crippen LogP contribution in [0.15, 0.2) is 47.7 Å². The van der Waals surface area contributed by atoms with E-state index in [-0.39, 0.29) is 40.0 Å². The molecule has 1 aromatic carbocycles. The summed E-state index contributed by atoms with van der Waals surface area (Å²) in [5.41, 5.74) is 1.40. The predicted octanol–water partition coefficient (Wildman–Crippen LogP) is 3.64. The van der Waals surface area contributed by atoms with Crippen LogP contribution >= 0.6 is 0 Å². The van der Waals surface area contributed by atoms with Gasteiger partial charge in [0.2, 0.25) is 0 Å². The summed E-state index contributed by atoms with van der Waals surface area (Å²) in [4.78, 5) is 29.6. The Kier molecular flexibility index (Phi) is 6.46. The highest BCUT2D eigenvalue weighted by atomic mass is 19.2. The number of nitrogens with one attached hydrogen (secondary N) is 2. The molecule has 1 amide bonds. The summed E-state index contributed by atoms with van der Waals surface area (Å²) in [5, 5.41) is 10.1. The molecule has 1 aliphatic rings. The lowest BCUT2D eigenvalue weighted by molar-refractivity contribution is 0.0962. The Morgan fingerprint density at radius 3 is 2.68 bits per heavy atom. The van der Waals surface area contributed by atoms with E-state index in [9.17, 15) is 18.4 Å². The van der Waals surface area contributed by atoms with Crippen LogP contribution in [0.2, 0.25) is 0 Å². The highest BCUT2D eigenvalue weighted by molar-refractivity contribution is 5.96. The fourth-order valence-corrected chi connectivity index (χ4v) is 4.41. The maximum atomic E-state index is 14.9. The Balaban J connectivity index is 1.69. The summed E-state index contributed by atoms with van der Waals surface area (Å²) in [6, 6.07) is 5.47. The lowest BCUT2D eigenvalue weighted by Gasteiger charge is -2.17. The van der Waals surface area contributed by atoms with Gasteiger partial charge in [0.25, 0.3) is 11.5 Å². The van der Waals surface area contributed by atoms with Crippen molar-refractivity contribution < 1.29 is 18.3 Å². The van der Waals surface area contributed by atoms with Crippen LogP contribution in [0.5, 0.6) is 0 Å². The molecule has 0 aliphatic carbocycles. The van der Waals surface area contributed by atoms with E-state index in [1.54, 1.807) is 17.0 Å². The van der Waals surface area contributed by atoms with Gasteiger partial charge in [0.15, 0.2) is 17.3 Å². The van der Waals surface area contributed by atoms with Crippen molar-refractivity contribution >= 4 is 17.4 Å². The molecule has 0 radical (unpaired) electrons. The van der Waals surface area contributed by atoms with Crippen molar-refractivity contribution in [1.82, 2.24) is 24.5 Å². The minimum absolute atomic E-state index is 0.00454. The number of hydrogen-bond donors (Lipinski definition) is 2. The SMILES string of the molecule is CNC(=O)c1cc(F)c(F)c(-c2cnn3cc(-c4ccn(C(C)C)c(=O)c4)c(N[C@H]4CCOC4)nc23)c1. The fraction of sp³-hybridized carbons (Fsp3) is 0.308. The Labute approximate surface area is 211 Å². The number of pyridine rings is 1. The second-order valence-corrected chi connectivity index (χ2v) is 9.19. The molecule has 192 valence electrons. The number of halogens is 2. The number of carbonyl (C=O) groups is 1. The number of ether oxygens (including phenoxy) is 1. The molecule has 5 rings (SSSR count). The van der Waals surface area contributed by atoms with Crippen LogP contribution in [-0.4, -0.2) is 51.4 Å². The molecule has 3 aromatic heterocycles. The van der Waals surface area contributed by atoms with Gasteiger partial charge in [0.05, 0.1) is 18.8 Å². The third-order valence-corrected chi connectivity index (χ3v) is 6.39. The van der Waals surface area contributed by atoms with E-state index in [0.29, 0.717) is 30.2 Å². The third-order valence-electron chi connectivity index (χ3n) is 6.39. The van der Waals surface area contributed by atoms with E-state index in [1.807, 2.05) is 19.9 Å². The number of amides is 1. The smallest absolute Gasteiger partial charge is 0.251 e. The van der Waals surface area contributed by atoms with Gasteiger partial charge in [-0.2, -0.15) is 5.10 Å². The first kappa shape index (κ1) is 24.6. The number of benzene rings is 1. The van der Waals surface area contributed by atoms with Crippen LogP contribution in [0.4, 0.5) is 14.6 Å². The summed E-state index contributed by atoms with van der Waals surface area (Å²) in [5.74, 6) is -2.36. The summed E-state index contributed by atoms with van der Waals surface area (Å²) in [7, 11) is 1.41. The standard InChI is InChI=1S/C26H26F2N6O3/c1-14(2)33-6-4-15(10-22(33)35)20-12-34-25(32-24(20)31-17-5-7-37-13-17)19(11-30-34)18-8-16(26(36)29-3)9-21(27)23(18)28/h4,6,8-12,14,17H,5,7,13H2,1-3H3,(H,29,36)(H,31,32)/t17-/m0/s1. The molecule has 0 unspecified atom stereocenters. The molecule has 0 saturated carbocycles. The van der Waals surface area contributed by atoms with Gasteiger partial charge in [-0.1, -0.05) is 0 Å². The van der Waals surface area contributed by atoms with Crippen molar-refractivity contribution in [2.75, 3.05) is 25.6 Å². The number of nitrogens with zero attached hydrogens (tertiary/aromatic N) is 4. The zero-order valence-electron chi connectivity index (χ0n) is 20.6. The number of fused-ring (bicyclic) bond motifs is 1. The van der Waals surface area contributed by atoms with E-state index >= 15 is 0 Å². The van der Waals surface area contributed by atoms with Gasteiger partial charge in [0, 0.05) is 60.4 Å². The maximum absolute atomic E-state index is 14.9. The molecule has 0 bridgehead atoms. The largest absolute Gasteiger partial charge is 0.379 e. The monoisotopic (exact) mass is 508 g/mol. The van der Waals surface area contributed by atoms with Gasteiger partial charge < -0.3 is 19.9 Å². The fourth-order valence-electron chi connectivity index (χ4n) is 4.41. The first-order chi connectivity index (χ1) is 17.8.